The fourth-order valence-electron chi connectivity index (χ4n) is 4.59. The molecule has 33 heavy (non-hydrogen) atoms. The summed E-state index contributed by atoms with van der Waals surface area (Å²) < 4.78 is 9.74. The number of ether oxygens (including phenoxy) is 1. The van der Waals surface area contributed by atoms with Gasteiger partial charge in [0.25, 0.3) is 11.5 Å². The Kier molecular flexibility index (Phi) is 6.42. The van der Waals surface area contributed by atoms with Gasteiger partial charge >= 0.3 is 5.69 Å². The zero-order valence-electron chi connectivity index (χ0n) is 19.6. The van der Waals surface area contributed by atoms with Crippen molar-refractivity contribution < 1.29 is 9.53 Å². The molecule has 1 unspecified atom stereocenters. The van der Waals surface area contributed by atoms with Gasteiger partial charge in [0.05, 0.1) is 11.5 Å². The van der Waals surface area contributed by atoms with Crippen LogP contribution in [0.3, 0.4) is 0 Å². The van der Waals surface area contributed by atoms with Crippen molar-refractivity contribution in [1.29, 1.82) is 0 Å². The molecule has 1 amide bonds. The molecule has 3 heterocycles. The highest BCUT2D eigenvalue weighted by Gasteiger charge is 2.22. The largest absolute Gasteiger partial charge is 0.380 e. The summed E-state index contributed by atoms with van der Waals surface area (Å²) >= 11 is 0. The van der Waals surface area contributed by atoms with Gasteiger partial charge in [-0.05, 0) is 49.6 Å². The van der Waals surface area contributed by atoms with E-state index in [1.54, 1.807) is 24.8 Å². The van der Waals surface area contributed by atoms with Gasteiger partial charge < -0.3 is 19.5 Å². The predicted octanol–water partition coefficient (Wildman–Crippen LogP) is 2.32. The molecule has 0 bridgehead atoms. The minimum absolute atomic E-state index is 0.238. The molecule has 1 aromatic carbocycles. The summed E-state index contributed by atoms with van der Waals surface area (Å²) in [4.78, 5) is 40.6. The van der Waals surface area contributed by atoms with Crippen molar-refractivity contribution in [2.45, 2.75) is 38.8 Å². The van der Waals surface area contributed by atoms with Crippen molar-refractivity contribution in [3.63, 3.8) is 0 Å². The van der Waals surface area contributed by atoms with E-state index in [-0.39, 0.29) is 12.0 Å². The number of methoxy groups -OCH3 is 1. The Labute approximate surface area is 192 Å². The van der Waals surface area contributed by atoms with Crippen LogP contribution in [0.25, 0.3) is 11.0 Å². The minimum atomic E-state index is -0.418. The van der Waals surface area contributed by atoms with Crippen LogP contribution in [0.4, 0.5) is 11.4 Å². The Balaban J connectivity index is 1.62. The lowest BCUT2D eigenvalue weighted by Crippen LogP contribution is -2.39. The Morgan fingerprint density at radius 1 is 1.15 bits per heavy atom. The van der Waals surface area contributed by atoms with E-state index in [9.17, 15) is 14.4 Å². The molecule has 9 heteroatoms. The summed E-state index contributed by atoms with van der Waals surface area (Å²) in [6.07, 6.45) is 3.14. The second-order valence-electron chi connectivity index (χ2n) is 8.57. The molecule has 0 radical (unpaired) electrons. The van der Waals surface area contributed by atoms with Crippen LogP contribution < -0.4 is 21.5 Å². The van der Waals surface area contributed by atoms with E-state index in [0.29, 0.717) is 29.0 Å². The Morgan fingerprint density at radius 3 is 2.55 bits per heavy atom. The van der Waals surface area contributed by atoms with Gasteiger partial charge in [0.15, 0.2) is 0 Å². The third-order valence-electron chi connectivity index (χ3n) is 6.38. The molecule has 4 rings (SSSR count). The first-order valence-electron chi connectivity index (χ1n) is 11.3. The van der Waals surface area contributed by atoms with Crippen LogP contribution in [0.1, 0.15) is 36.7 Å². The van der Waals surface area contributed by atoms with Crippen molar-refractivity contribution in [3.8, 4) is 0 Å². The number of hydrogen-bond donors (Lipinski definition) is 1. The highest BCUT2D eigenvalue weighted by Crippen LogP contribution is 2.24. The van der Waals surface area contributed by atoms with Crippen LogP contribution in [0.5, 0.6) is 0 Å². The summed E-state index contributed by atoms with van der Waals surface area (Å²) in [5.41, 5.74) is 1.75. The van der Waals surface area contributed by atoms with Crippen molar-refractivity contribution in [2.24, 2.45) is 14.1 Å². The van der Waals surface area contributed by atoms with Crippen LogP contribution in [-0.2, 0) is 25.4 Å². The number of benzene rings is 1. The van der Waals surface area contributed by atoms with Crippen molar-refractivity contribution >= 4 is 28.3 Å². The van der Waals surface area contributed by atoms with Gasteiger partial charge in [-0.2, -0.15) is 0 Å². The first-order valence-corrected chi connectivity index (χ1v) is 11.3. The number of hydrogen-bond acceptors (Lipinski definition) is 5. The van der Waals surface area contributed by atoms with Gasteiger partial charge in [-0.25, -0.2) is 4.79 Å². The van der Waals surface area contributed by atoms with Crippen LogP contribution in [-0.4, -0.2) is 45.9 Å². The van der Waals surface area contributed by atoms with E-state index in [2.05, 4.69) is 10.2 Å². The van der Waals surface area contributed by atoms with Crippen LogP contribution in [0.2, 0.25) is 0 Å². The number of nitrogens with one attached hydrogen (secondary N) is 1. The zero-order valence-corrected chi connectivity index (χ0v) is 19.6. The zero-order chi connectivity index (χ0) is 23.7. The Morgan fingerprint density at radius 2 is 1.88 bits per heavy atom. The molecule has 0 aliphatic carbocycles. The molecule has 9 nitrogen and oxygen atoms in total. The van der Waals surface area contributed by atoms with Gasteiger partial charge in [-0.1, -0.05) is 6.92 Å². The van der Waals surface area contributed by atoms with Crippen LogP contribution in [0.15, 0.2) is 39.9 Å². The molecule has 1 aliphatic rings. The SMILES string of the molecule is CCCn1c(C(=O)Nc2ccc(N3CCCC(OC)C3)cc2)cc2c(=O)n(C)c(=O)n(C)c21. The van der Waals surface area contributed by atoms with E-state index >= 15 is 0 Å². The van der Waals surface area contributed by atoms with E-state index in [1.807, 2.05) is 31.2 Å². The predicted molar refractivity (Wildman–Crippen MR) is 129 cm³/mol. The van der Waals surface area contributed by atoms with E-state index < -0.39 is 11.2 Å². The van der Waals surface area contributed by atoms with E-state index in [4.69, 9.17) is 4.74 Å². The lowest BCUT2D eigenvalue weighted by molar-refractivity contribution is 0.0893. The average Bonchev–Trinajstić information content (AvgIpc) is 3.22. The van der Waals surface area contributed by atoms with Crippen LogP contribution >= 0.6 is 0 Å². The van der Waals surface area contributed by atoms with E-state index in [0.717, 1.165) is 42.6 Å². The quantitative estimate of drug-likeness (QED) is 0.619. The summed E-state index contributed by atoms with van der Waals surface area (Å²) in [5.74, 6) is -0.320. The fraction of sp³-hybridized carbons (Fsp3) is 0.458. The summed E-state index contributed by atoms with van der Waals surface area (Å²) in [6, 6.07) is 9.33. The maximum absolute atomic E-state index is 13.2. The molecule has 3 aromatic rings. The molecule has 176 valence electrons. The maximum atomic E-state index is 13.2. The highest BCUT2D eigenvalue weighted by atomic mass is 16.5. The van der Waals surface area contributed by atoms with Gasteiger partial charge in [0.2, 0.25) is 0 Å². The average molecular weight is 454 g/mol. The number of amides is 1. The molecule has 1 saturated heterocycles. The number of piperidine rings is 1. The second kappa shape index (κ2) is 9.27. The van der Waals surface area contributed by atoms with Gasteiger partial charge in [-0.3, -0.25) is 18.7 Å². The molecule has 1 aliphatic heterocycles. The fourth-order valence-corrected chi connectivity index (χ4v) is 4.59. The van der Waals surface area contributed by atoms with Crippen molar-refractivity contribution in [1.82, 2.24) is 13.7 Å². The highest BCUT2D eigenvalue weighted by molar-refractivity contribution is 6.06. The number of fused-ring (bicyclic) bond motifs is 1. The molecule has 2 aromatic heterocycles. The smallest absolute Gasteiger partial charge is 0.332 e. The Hall–Kier alpha value is -3.33. The molecule has 1 atom stereocenters. The molecule has 0 saturated carbocycles. The lowest BCUT2D eigenvalue weighted by atomic mass is 10.1. The van der Waals surface area contributed by atoms with Gasteiger partial charge in [-0.15, -0.1) is 0 Å². The molecule has 1 fully saturated rings. The minimum Gasteiger partial charge on any atom is -0.380 e. The number of aromatic nitrogens is 3. The molecular formula is C24H31N5O4. The maximum Gasteiger partial charge on any atom is 0.332 e. The van der Waals surface area contributed by atoms with Crippen molar-refractivity contribution in [3.05, 3.63) is 56.9 Å². The Bertz CT molecular complexity index is 1290. The third kappa shape index (κ3) is 4.20. The molecule has 1 N–H and O–H groups in total. The van der Waals surface area contributed by atoms with Crippen LogP contribution in [0, 0.1) is 0 Å². The first kappa shape index (κ1) is 22.8. The molecule has 0 spiro atoms. The number of aryl methyl sites for hydroxylation is 2. The standard InChI is InChI=1S/C24H31N5O4/c1-5-12-29-20(14-19-22(29)26(2)24(32)27(3)23(19)31)21(30)25-16-8-10-17(11-9-16)28-13-6-7-18(15-28)33-4/h8-11,14,18H,5-7,12-13,15H2,1-4H3,(H,25,30). The second-order valence-corrected chi connectivity index (χ2v) is 8.57. The topological polar surface area (TPSA) is 90.5 Å². The number of anilines is 2. The monoisotopic (exact) mass is 453 g/mol. The number of carbonyl (C=O) groups excluding carboxylic acids is 1. The first-order chi connectivity index (χ1) is 15.8. The third-order valence-corrected chi connectivity index (χ3v) is 6.38. The summed E-state index contributed by atoms with van der Waals surface area (Å²) in [7, 11) is 4.81. The lowest BCUT2D eigenvalue weighted by Gasteiger charge is -2.33. The van der Waals surface area contributed by atoms with Gasteiger partial charge in [0, 0.05) is 52.2 Å². The number of nitrogens with zero attached hydrogens (tertiary/aromatic N) is 4. The number of carbonyl (C=O) groups is 1. The summed E-state index contributed by atoms with van der Waals surface area (Å²) in [6.45, 7) is 4.34. The van der Waals surface area contributed by atoms with Gasteiger partial charge in [0.1, 0.15) is 11.3 Å². The van der Waals surface area contributed by atoms with E-state index in [1.165, 1.54) is 11.6 Å². The normalized spacial score (nSPS) is 16.4. The molecular weight excluding hydrogens is 422 g/mol. The number of rotatable bonds is 6. The van der Waals surface area contributed by atoms with Crippen molar-refractivity contribution in [2.75, 3.05) is 30.4 Å². The summed E-state index contributed by atoms with van der Waals surface area (Å²) in [5, 5.41) is 3.29.